The van der Waals surface area contributed by atoms with Crippen LogP contribution < -0.4 is 4.74 Å². The first-order valence-electron chi connectivity index (χ1n) is 3.58. The van der Waals surface area contributed by atoms with Crippen LogP contribution >= 0.6 is 34.2 Å². The average molecular weight is 322 g/mol. The molecule has 0 saturated carbocycles. The maximum Gasteiger partial charge on any atom is 0.256 e. The van der Waals surface area contributed by atoms with E-state index in [-0.39, 0.29) is 11.3 Å². The highest BCUT2D eigenvalue weighted by atomic mass is 127. The Labute approximate surface area is 99.8 Å². The lowest BCUT2D eigenvalue weighted by Crippen LogP contribution is -1.99. The van der Waals surface area contributed by atoms with Crippen LogP contribution in [0.15, 0.2) is 12.1 Å². The second-order valence-electron chi connectivity index (χ2n) is 2.39. The fourth-order valence-electron chi connectivity index (χ4n) is 1.03. The molecular weight excluding hydrogens is 316 g/mol. The number of hydrogen-bond acceptors (Lipinski definition) is 3. The Hall–Kier alpha value is -0.800. The first kappa shape index (κ1) is 11.3. The molecule has 0 saturated heterocycles. The van der Waals surface area contributed by atoms with Crippen LogP contribution in [0.4, 0.5) is 0 Å². The molecule has 0 aliphatic heterocycles. The summed E-state index contributed by atoms with van der Waals surface area (Å²) in [6, 6.07) is 5.16. The Kier molecular flexibility index (Phi) is 3.72. The summed E-state index contributed by atoms with van der Waals surface area (Å²) in [7, 11) is 1.40. The number of rotatable bonds is 2. The Morgan fingerprint density at radius 2 is 2.29 bits per heavy atom. The zero-order chi connectivity index (χ0) is 10.7. The van der Waals surface area contributed by atoms with E-state index in [0.717, 1.165) is 3.57 Å². The fraction of sp³-hybridized carbons (Fsp3) is 0.111. The topological polar surface area (TPSA) is 50.1 Å². The second-order valence-corrected chi connectivity index (χ2v) is 3.89. The summed E-state index contributed by atoms with van der Waals surface area (Å²) in [5.41, 5.74) is 0.547. The van der Waals surface area contributed by atoms with Gasteiger partial charge in [0.1, 0.15) is 17.4 Å². The molecule has 0 aromatic heterocycles. The number of benzene rings is 1. The number of nitrogens with zero attached hydrogens (tertiary/aromatic N) is 1. The SMILES string of the molecule is COc1c(C(=O)Cl)ccc(I)c1C#N. The summed E-state index contributed by atoms with van der Waals surface area (Å²) in [6.07, 6.45) is 0. The van der Waals surface area contributed by atoms with Gasteiger partial charge in [0, 0.05) is 3.57 Å². The number of halogens is 2. The van der Waals surface area contributed by atoms with Crippen LogP contribution in [0.1, 0.15) is 15.9 Å². The van der Waals surface area contributed by atoms with E-state index in [1.807, 2.05) is 28.7 Å². The van der Waals surface area contributed by atoms with Gasteiger partial charge in [0.15, 0.2) is 0 Å². The third-order valence-corrected chi connectivity index (χ3v) is 2.74. The Bertz CT molecular complexity index is 426. The number of ether oxygens (including phenoxy) is 1. The first-order valence-corrected chi connectivity index (χ1v) is 5.04. The van der Waals surface area contributed by atoms with Crippen LogP contribution in [0.3, 0.4) is 0 Å². The minimum Gasteiger partial charge on any atom is -0.495 e. The van der Waals surface area contributed by atoms with E-state index in [4.69, 9.17) is 21.6 Å². The van der Waals surface area contributed by atoms with Crippen LogP contribution in [0.2, 0.25) is 0 Å². The summed E-state index contributed by atoms with van der Waals surface area (Å²) in [5.74, 6) is 0.236. The van der Waals surface area contributed by atoms with Gasteiger partial charge in [0.05, 0.1) is 12.7 Å². The van der Waals surface area contributed by atoms with Crippen LogP contribution in [0, 0.1) is 14.9 Å². The number of hydrogen-bond donors (Lipinski definition) is 0. The summed E-state index contributed by atoms with van der Waals surface area (Å²) in [5, 5.41) is 8.22. The highest BCUT2D eigenvalue weighted by molar-refractivity contribution is 14.1. The van der Waals surface area contributed by atoms with Gasteiger partial charge in [0.25, 0.3) is 5.24 Å². The van der Waals surface area contributed by atoms with Crippen molar-refractivity contribution >= 4 is 39.4 Å². The highest BCUT2D eigenvalue weighted by Crippen LogP contribution is 2.28. The molecule has 14 heavy (non-hydrogen) atoms. The largest absolute Gasteiger partial charge is 0.495 e. The molecular formula is C9H5ClINO2. The van der Waals surface area contributed by atoms with Gasteiger partial charge in [-0.25, -0.2) is 0 Å². The fourth-order valence-corrected chi connectivity index (χ4v) is 1.72. The summed E-state index contributed by atoms with van der Waals surface area (Å²) in [4.78, 5) is 11.0. The van der Waals surface area contributed by atoms with E-state index in [1.54, 1.807) is 6.07 Å². The zero-order valence-corrected chi connectivity index (χ0v) is 10.1. The number of carbonyl (C=O) groups excluding carboxylic acids is 1. The van der Waals surface area contributed by atoms with Crippen molar-refractivity contribution < 1.29 is 9.53 Å². The van der Waals surface area contributed by atoms with Crippen molar-refractivity contribution in [1.82, 2.24) is 0 Å². The Morgan fingerprint density at radius 3 is 2.71 bits per heavy atom. The monoisotopic (exact) mass is 321 g/mol. The predicted octanol–water partition coefficient (Wildman–Crippen LogP) is 2.55. The first-order chi connectivity index (χ1) is 6.61. The summed E-state index contributed by atoms with van der Waals surface area (Å²) < 4.78 is 5.70. The normalized spacial score (nSPS) is 9.29. The van der Waals surface area contributed by atoms with E-state index in [1.165, 1.54) is 13.2 Å². The van der Waals surface area contributed by atoms with Crippen molar-refractivity contribution in [1.29, 1.82) is 5.26 Å². The van der Waals surface area contributed by atoms with E-state index in [2.05, 4.69) is 0 Å². The zero-order valence-electron chi connectivity index (χ0n) is 7.17. The summed E-state index contributed by atoms with van der Waals surface area (Å²) >= 11 is 7.33. The van der Waals surface area contributed by atoms with Crippen molar-refractivity contribution in [2.45, 2.75) is 0 Å². The third kappa shape index (κ3) is 1.99. The number of nitriles is 1. The highest BCUT2D eigenvalue weighted by Gasteiger charge is 2.16. The standard InChI is InChI=1S/C9H5ClINO2/c1-14-8-5(9(10)13)2-3-7(11)6(8)4-12/h2-3H,1H3. The third-order valence-electron chi connectivity index (χ3n) is 1.63. The van der Waals surface area contributed by atoms with Crippen molar-refractivity contribution in [3.05, 3.63) is 26.8 Å². The number of carbonyl (C=O) groups is 1. The molecule has 0 unspecified atom stereocenters. The van der Waals surface area contributed by atoms with Crippen molar-refractivity contribution in [2.24, 2.45) is 0 Å². The van der Waals surface area contributed by atoms with Crippen LogP contribution in [0.25, 0.3) is 0 Å². The second kappa shape index (κ2) is 4.62. The summed E-state index contributed by atoms with van der Waals surface area (Å²) in [6.45, 7) is 0. The van der Waals surface area contributed by atoms with E-state index >= 15 is 0 Å². The quantitative estimate of drug-likeness (QED) is 0.621. The molecule has 0 aliphatic rings. The molecule has 0 heterocycles. The van der Waals surface area contributed by atoms with Crippen molar-refractivity contribution in [3.63, 3.8) is 0 Å². The molecule has 0 atom stereocenters. The van der Waals surface area contributed by atoms with Gasteiger partial charge in [-0.15, -0.1) is 0 Å². The van der Waals surface area contributed by atoms with Gasteiger partial charge in [-0.3, -0.25) is 4.79 Å². The van der Waals surface area contributed by atoms with E-state index in [9.17, 15) is 4.79 Å². The minimum atomic E-state index is -0.630. The lowest BCUT2D eigenvalue weighted by atomic mass is 10.1. The molecule has 3 nitrogen and oxygen atoms in total. The molecule has 1 aromatic rings. The van der Waals surface area contributed by atoms with Crippen LogP contribution in [-0.4, -0.2) is 12.4 Å². The molecule has 72 valence electrons. The molecule has 0 radical (unpaired) electrons. The van der Waals surface area contributed by atoms with E-state index < -0.39 is 5.24 Å². The minimum absolute atomic E-state index is 0.214. The van der Waals surface area contributed by atoms with Gasteiger partial charge in [-0.1, -0.05) is 0 Å². The lowest BCUT2D eigenvalue weighted by Gasteiger charge is -2.07. The van der Waals surface area contributed by atoms with E-state index in [0.29, 0.717) is 5.56 Å². The molecule has 1 rings (SSSR count). The molecule has 1 aromatic carbocycles. The van der Waals surface area contributed by atoms with Gasteiger partial charge in [-0.05, 0) is 46.3 Å². The maximum atomic E-state index is 11.0. The van der Waals surface area contributed by atoms with Crippen molar-refractivity contribution in [2.75, 3.05) is 7.11 Å². The molecule has 0 spiro atoms. The van der Waals surface area contributed by atoms with Gasteiger partial charge < -0.3 is 4.74 Å². The number of methoxy groups -OCH3 is 1. The van der Waals surface area contributed by atoms with Crippen LogP contribution in [0.5, 0.6) is 5.75 Å². The average Bonchev–Trinajstić information content (AvgIpc) is 2.16. The van der Waals surface area contributed by atoms with Gasteiger partial charge >= 0.3 is 0 Å². The lowest BCUT2D eigenvalue weighted by molar-refractivity contribution is 0.107. The maximum absolute atomic E-state index is 11.0. The Balaban J connectivity index is 3.50. The van der Waals surface area contributed by atoms with Crippen LogP contribution in [-0.2, 0) is 0 Å². The predicted molar refractivity (Wildman–Crippen MR) is 60.6 cm³/mol. The smallest absolute Gasteiger partial charge is 0.256 e. The Morgan fingerprint density at radius 1 is 1.64 bits per heavy atom. The molecule has 0 aliphatic carbocycles. The molecule has 0 N–H and O–H groups in total. The molecule has 0 amide bonds. The molecule has 0 fully saturated rings. The van der Waals surface area contributed by atoms with Gasteiger partial charge in [0.2, 0.25) is 0 Å². The van der Waals surface area contributed by atoms with Crippen molar-refractivity contribution in [3.8, 4) is 11.8 Å². The molecule has 5 heteroatoms. The van der Waals surface area contributed by atoms with Gasteiger partial charge in [-0.2, -0.15) is 5.26 Å². The molecule has 0 bridgehead atoms.